The number of nitrogens with zero attached hydrogens (tertiary/aromatic N) is 2. The number of amides is 1. The third-order valence-electron chi connectivity index (χ3n) is 5.42. The Balaban J connectivity index is 1.61. The molecule has 0 bridgehead atoms. The normalized spacial score (nSPS) is 14.4. The molecule has 0 aromatic heterocycles. The van der Waals surface area contributed by atoms with Gasteiger partial charge in [-0.15, -0.1) is 0 Å². The number of para-hydroxylation sites is 1. The van der Waals surface area contributed by atoms with Gasteiger partial charge in [-0.2, -0.15) is 0 Å². The van der Waals surface area contributed by atoms with Gasteiger partial charge in [-0.05, 0) is 69.0 Å². The Labute approximate surface area is 163 Å². The first-order chi connectivity index (χ1) is 13.0. The Bertz CT molecular complexity index is 781. The van der Waals surface area contributed by atoms with E-state index in [1.165, 1.54) is 36.1 Å². The summed E-state index contributed by atoms with van der Waals surface area (Å²) in [5, 5.41) is 3.05. The zero-order valence-electron chi connectivity index (χ0n) is 16.8. The molecular weight excluding hydrogens is 334 g/mol. The van der Waals surface area contributed by atoms with E-state index in [-0.39, 0.29) is 5.91 Å². The lowest BCUT2D eigenvalue weighted by atomic mass is 10.1. The summed E-state index contributed by atoms with van der Waals surface area (Å²) >= 11 is 0. The van der Waals surface area contributed by atoms with Crippen LogP contribution < -0.4 is 10.2 Å². The van der Waals surface area contributed by atoms with Gasteiger partial charge in [0, 0.05) is 31.0 Å². The van der Waals surface area contributed by atoms with E-state index in [9.17, 15) is 4.79 Å². The minimum Gasteiger partial charge on any atom is -0.371 e. The lowest BCUT2D eigenvalue weighted by molar-refractivity contribution is -0.117. The second-order valence-electron chi connectivity index (χ2n) is 7.64. The maximum Gasteiger partial charge on any atom is 0.238 e. The summed E-state index contributed by atoms with van der Waals surface area (Å²) < 4.78 is 0. The van der Waals surface area contributed by atoms with Crippen molar-refractivity contribution < 1.29 is 4.79 Å². The van der Waals surface area contributed by atoms with E-state index in [0.29, 0.717) is 6.54 Å². The number of carbonyl (C=O) groups excluding carboxylic acids is 1. The molecule has 0 unspecified atom stereocenters. The van der Waals surface area contributed by atoms with Gasteiger partial charge >= 0.3 is 0 Å². The molecule has 1 aliphatic heterocycles. The number of carbonyl (C=O) groups is 1. The topological polar surface area (TPSA) is 35.6 Å². The molecule has 1 fully saturated rings. The molecule has 2 aromatic rings. The van der Waals surface area contributed by atoms with Gasteiger partial charge in [-0.3, -0.25) is 9.69 Å². The van der Waals surface area contributed by atoms with Gasteiger partial charge in [0.15, 0.2) is 0 Å². The third-order valence-corrected chi connectivity index (χ3v) is 5.42. The molecule has 1 heterocycles. The lowest BCUT2D eigenvalue weighted by Crippen LogP contribution is -2.33. The van der Waals surface area contributed by atoms with Crippen LogP contribution >= 0.6 is 0 Å². The summed E-state index contributed by atoms with van der Waals surface area (Å²) in [7, 11) is 2.01. The van der Waals surface area contributed by atoms with E-state index in [1.807, 2.05) is 26.1 Å². The van der Waals surface area contributed by atoms with Crippen molar-refractivity contribution in [3.63, 3.8) is 0 Å². The maximum atomic E-state index is 12.5. The van der Waals surface area contributed by atoms with E-state index in [0.717, 1.165) is 30.9 Å². The van der Waals surface area contributed by atoms with E-state index in [4.69, 9.17) is 0 Å². The quantitative estimate of drug-likeness (QED) is 0.826. The van der Waals surface area contributed by atoms with E-state index < -0.39 is 0 Å². The molecule has 0 spiro atoms. The fraction of sp³-hybridized carbons (Fsp3) is 0.435. The van der Waals surface area contributed by atoms with Crippen LogP contribution in [0.15, 0.2) is 42.5 Å². The standard InChI is InChI=1S/C23H31N3O/c1-18-10-9-12-21(19(18)2)24-23(27)17-25(3)16-20-11-5-6-13-22(20)26-14-7-4-8-15-26/h5-6,9-13H,4,7-8,14-17H2,1-3H3,(H,24,27). The molecule has 1 N–H and O–H groups in total. The Morgan fingerprint density at radius 2 is 1.78 bits per heavy atom. The van der Waals surface area contributed by atoms with Crippen LogP contribution in [0.3, 0.4) is 0 Å². The SMILES string of the molecule is Cc1cccc(NC(=O)CN(C)Cc2ccccc2N2CCCCC2)c1C. The van der Waals surface area contributed by atoms with Crippen molar-refractivity contribution in [2.45, 2.75) is 39.7 Å². The van der Waals surface area contributed by atoms with Gasteiger partial charge in [0.25, 0.3) is 0 Å². The summed E-state index contributed by atoms with van der Waals surface area (Å²) in [6.45, 7) is 7.52. The number of rotatable bonds is 6. The lowest BCUT2D eigenvalue weighted by Gasteiger charge is -2.31. The number of nitrogens with one attached hydrogen (secondary N) is 1. The fourth-order valence-corrected chi connectivity index (χ4v) is 3.76. The number of benzene rings is 2. The maximum absolute atomic E-state index is 12.5. The number of anilines is 2. The summed E-state index contributed by atoms with van der Waals surface area (Å²) in [6, 6.07) is 14.6. The Morgan fingerprint density at radius 3 is 2.56 bits per heavy atom. The first-order valence-corrected chi connectivity index (χ1v) is 9.92. The average Bonchev–Trinajstić information content (AvgIpc) is 2.66. The van der Waals surface area contributed by atoms with Crippen LogP contribution in [0.4, 0.5) is 11.4 Å². The molecule has 0 saturated carbocycles. The number of hydrogen-bond donors (Lipinski definition) is 1. The number of likely N-dealkylation sites (N-methyl/N-ethyl adjacent to an activating group) is 1. The molecule has 1 aliphatic rings. The molecule has 1 saturated heterocycles. The number of aryl methyl sites for hydroxylation is 1. The Morgan fingerprint density at radius 1 is 1.04 bits per heavy atom. The van der Waals surface area contributed by atoms with E-state index in [2.05, 4.69) is 52.4 Å². The van der Waals surface area contributed by atoms with Gasteiger partial charge < -0.3 is 10.2 Å². The molecule has 1 amide bonds. The smallest absolute Gasteiger partial charge is 0.238 e. The number of hydrogen-bond acceptors (Lipinski definition) is 3. The van der Waals surface area contributed by atoms with Crippen LogP contribution in [0.2, 0.25) is 0 Å². The van der Waals surface area contributed by atoms with Crippen LogP contribution in [0.25, 0.3) is 0 Å². The first kappa shape index (κ1) is 19.4. The summed E-state index contributed by atoms with van der Waals surface area (Å²) in [6.07, 6.45) is 3.86. The number of piperidine rings is 1. The predicted molar refractivity (Wildman–Crippen MR) is 113 cm³/mol. The third kappa shape index (κ3) is 5.10. The van der Waals surface area contributed by atoms with Crippen LogP contribution in [-0.4, -0.2) is 37.5 Å². The molecular formula is C23H31N3O. The second-order valence-corrected chi connectivity index (χ2v) is 7.64. The first-order valence-electron chi connectivity index (χ1n) is 9.92. The highest BCUT2D eigenvalue weighted by Gasteiger charge is 2.16. The molecule has 4 heteroatoms. The Kier molecular flexibility index (Phi) is 6.51. The van der Waals surface area contributed by atoms with Crippen molar-refractivity contribution >= 4 is 17.3 Å². The van der Waals surface area contributed by atoms with Crippen LogP contribution in [0.1, 0.15) is 36.0 Å². The summed E-state index contributed by atoms with van der Waals surface area (Å²) in [5.74, 6) is 0.0293. The highest BCUT2D eigenvalue weighted by Crippen LogP contribution is 2.25. The molecule has 2 aromatic carbocycles. The van der Waals surface area contributed by atoms with Crippen molar-refractivity contribution in [1.82, 2.24) is 4.90 Å². The molecule has 144 valence electrons. The summed E-state index contributed by atoms with van der Waals surface area (Å²) in [5.41, 5.74) is 5.84. The van der Waals surface area contributed by atoms with Gasteiger partial charge in [0.2, 0.25) is 5.91 Å². The van der Waals surface area contributed by atoms with Crippen molar-refractivity contribution in [1.29, 1.82) is 0 Å². The minimum atomic E-state index is 0.0293. The van der Waals surface area contributed by atoms with Gasteiger partial charge in [0.05, 0.1) is 6.54 Å². The van der Waals surface area contributed by atoms with Crippen LogP contribution in [0, 0.1) is 13.8 Å². The van der Waals surface area contributed by atoms with Crippen LogP contribution in [-0.2, 0) is 11.3 Å². The second kappa shape index (κ2) is 9.05. The van der Waals surface area contributed by atoms with Crippen molar-refractivity contribution in [2.24, 2.45) is 0 Å². The zero-order valence-corrected chi connectivity index (χ0v) is 16.8. The fourth-order valence-electron chi connectivity index (χ4n) is 3.76. The van der Waals surface area contributed by atoms with Gasteiger partial charge in [-0.1, -0.05) is 30.3 Å². The van der Waals surface area contributed by atoms with Gasteiger partial charge in [0.1, 0.15) is 0 Å². The largest absolute Gasteiger partial charge is 0.371 e. The van der Waals surface area contributed by atoms with Crippen LogP contribution in [0.5, 0.6) is 0 Å². The highest BCUT2D eigenvalue weighted by molar-refractivity contribution is 5.93. The Hall–Kier alpha value is -2.33. The molecule has 4 nitrogen and oxygen atoms in total. The molecule has 0 aliphatic carbocycles. The summed E-state index contributed by atoms with van der Waals surface area (Å²) in [4.78, 5) is 17.1. The monoisotopic (exact) mass is 365 g/mol. The van der Waals surface area contributed by atoms with Crippen molar-refractivity contribution in [3.05, 3.63) is 59.2 Å². The predicted octanol–water partition coefficient (Wildman–Crippen LogP) is 4.36. The molecule has 0 radical (unpaired) electrons. The van der Waals surface area contributed by atoms with Gasteiger partial charge in [-0.25, -0.2) is 0 Å². The zero-order chi connectivity index (χ0) is 19.2. The van der Waals surface area contributed by atoms with Crippen molar-refractivity contribution in [3.8, 4) is 0 Å². The minimum absolute atomic E-state index is 0.0293. The average molecular weight is 366 g/mol. The van der Waals surface area contributed by atoms with E-state index in [1.54, 1.807) is 0 Å². The molecule has 0 atom stereocenters. The molecule has 3 rings (SSSR count). The van der Waals surface area contributed by atoms with E-state index >= 15 is 0 Å². The highest BCUT2D eigenvalue weighted by atomic mass is 16.2. The molecule has 27 heavy (non-hydrogen) atoms. The van der Waals surface area contributed by atoms with Crippen molar-refractivity contribution in [2.75, 3.05) is 36.9 Å².